The van der Waals surface area contributed by atoms with Crippen LogP contribution in [0.2, 0.25) is 0 Å². The molecule has 1 aliphatic rings. The molecule has 6 N–H and O–H groups in total. The lowest BCUT2D eigenvalue weighted by Gasteiger charge is -2.41. The number of unbranched alkanes of at least 4 members (excludes halogenated alkanes) is 8. The summed E-state index contributed by atoms with van der Waals surface area (Å²) < 4.78 is 33.7. The molecule has 13 heteroatoms. The second-order valence-electron chi connectivity index (χ2n) is 12.7. The Kier molecular flexibility index (Phi) is 27.2. The number of phosphoric ester groups is 1. The summed E-state index contributed by atoms with van der Waals surface area (Å²) in [6.45, 7) is 3.97. The molecule has 0 saturated heterocycles. The van der Waals surface area contributed by atoms with Gasteiger partial charge in [-0.2, -0.15) is 0 Å². The van der Waals surface area contributed by atoms with Gasteiger partial charge in [0.2, 0.25) is 0 Å². The van der Waals surface area contributed by atoms with Gasteiger partial charge in [-0.15, -0.1) is 0 Å². The molecule has 0 aromatic rings. The first-order valence-electron chi connectivity index (χ1n) is 18.6. The van der Waals surface area contributed by atoms with Crippen molar-refractivity contribution in [1.82, 2.24) is 0 Å². The summed E-state index contributed by atoms with van der Waals surface area (Å²) >= 11 is 0. The number of rotatable bonds is 29. The number of ether oxygens (including phenoxy) is 2. The third-order valence-electron chi connectivity index (χ3n) is 8.19. The normalized spacial score (nSPS) is 24.8. The SMILES string of the molecule is CC/C=C\C/C=C\C/C=C\C/C=C\C/C=C\CC(=O)OC(COCCCCCCCCCCC)COP(=O)(O)OC1C(O)C(O)C(O)C(O)C1O. The maximum absolute atomic E-state index is 12.7. The molecule has 1 rings (SSSR count). The number of carbonyl (C=O) groups is 1. The Hall–Kier alpha value is -1.96. The number of aliphatic hydroxyl groups excluding tert-OH is 5. The van der Waals surface area contributed by atoms with Gasteiger partial charge in [0.25, 0.3) is 0 Å². The number of phosphoric acid groups is 1. The van der Waals surface area contributed by atoms with Gasteiger partial charge in [0.05, 0.1) is 19.6 Å². The van der Waals surface area contributed by atoms with Crippen LogP contribution in [-0.4, -0.2) is 98.9 Å². The van der Waals surface area contributed by atoms with Crippen molar-refractivity contribution in [1.29, 1.82) is 0 Å². The van der Waals surface area contributed by atoms with Crippen molar-refractivity contribution in [2.75, 3.05) is 19.8 Å². The molecule has 6 unspecified atom stereocenters. The van der Waals surface area contributed by atoms with Crippen LogP contribution < -0.4 is 0 Å². The number of hydrogen-bond donors (Lipinski definition) is 6. The van der Waals surface area contributed by atoms with Crippen molar-refractivity contribution in [3.63, 3.8) is 0 Å². The zero-order valence-corrected chi connectivity index (χ0v) is 31.5. The zero-order valence-electron chi connectivity index (χ0n) is 30.6. The van der Waals surface area contributed by atoms with Crippen molar-refractivity contribution < 1.29 is 58.3 Å². The van der Waals surface area contributed by atoms with Crippen LogP contribution in [0.1, 0.15) is 110 Å². The topological polar surface area (TPSA) is 192 Å². The average Bonchev–Trinajstić information content (AvgIpc) is 3.11. The molecular formula is C38H65O12P. The zero-order chi connectivity index (χ0) is 37.7. The molecule has 0 aromatic carbocycles. The van der Waals surface area contributed by atoms with Crippen LogP contribution in [0.4, 0.5) is 0 Å². The number of esters is 1. The molecule has 1 fully saturated rings. The van der Waals surface area contributed by atoms with E-state index < -0.39 is 63.1 Å². The first-order valence-corrected chi connectivity index (χ1v) is 20.1. The van der Waals surface area contributed by atoms with E-state index in [0.717, 1.165) is 51.4 Å². The van der Waals surface area contributed by atoms with Gasteiger partial charge in [-0.05, 0) is 38.5 Å². The summed E-state index contributed by atoms with van der Waals surface area (Å²) in [5, 5.41) is 49.9. The maximum atomic E-state index is 12.7. The second-order valence-corrected chi connectivity index (χ2v) is 14.1. The second kappa shape index (κ2) is 29.5. The van der Waals surface area contributed by atoms with Crippen LogP contribution in [-0.2, 0) is 27.9 Å². The van der Waals surface area contributed by atoms with Gasteiger partial charge in [-0.25, -0.2) is 4.57 Å². The van der Waals surface area contributed by atoms with Gasteiger partial charge in [0.15, 0.2) is 0 Å². The number of aliphatic hydroxyl groups is 5. The molecule has 12 nitrogen and oxygen atoms in total. The van der Waals surface area contributed by atoms with E-state index in [1.165, 1.54) is 32.1 Å². The summed E-state index contributed by atoms with van der Waals surface area (Å²) in [6.07, 6.45) is 22.0. The van der Waals surface area contributed by atoms with Crippen LogP contribution in [0.25, 0.3) is 0 Å². The molecule has 0 radical (unpaired) electrons. The average molecular weight is 745 g/mol. The molecular weight excluding hydrogens is 679 g/mol. The van der Waals surface area contributed by atoms with E-state index in [1.54, 1.807) is 6.08 Å². The Morgan fingerprint density at radius 2 is 1.08 bits per heavy atom. The Morgan fingerprint density at radius 3 is 1.59 bits per heavy atom. The summed E-state index contributed by atoms with van der Waals surface area (Å²) in [5.41, 5.74) is 0. The highest BCUT2D eigenvalue weighted by atomic mass is 31.2. The lowest BCUT2D eigenvalue weighted by molar-refractivity contribution is -0.220. The van der Waals surface area contributed by atoms with Gasteiger partial charge >= 0.3 is 13.8 Å². The highest BCUT2D eigenvalue weighted by Gasteiger charge is 2.51. The maximum Gasteiger partial charge on any atom is 0.472 e. The molecule has 0 amide bonds. The van der Waals surface area contributed by atoms with Crippen LogP contribution >= 0.6 is 7.82 Å². The predicted molar refractivity (Wildman–Crippen MR) is 198 cm³/mol. The Balaban J connectivity index is 2.57. The first kappa shape index (κ1) is 47.1. The van der Waals surface area contributed by atoms with Crippen LogP contribution in [0.15, 0.2) is 60.8 Å². The predicted octanol–water partition coefficient (Wildman–Crippen LogP) is 5.91. The largest absolute Gasteiger partial charge is 0.472 e. The van der Waals surface area contributed by atoms with Crippen molar-refractivity contribution >= 4 is 13.8 Å². The van der Waals surface area contributed by atoms with Gasteiger partial charge in [0, 0.05) is 6.61 Å². The van der Waals surface area contributed by atoms with E-state index in [2.05, 4.69) is 50.3 Å². The summed E-state index contributed by atoms with van der Waals surface area (Å²) in [4.78, 5) is 22.9. The highest BCUT2D eigenvalue weighted by Crippen LogP contribution is 2.47. The molecule has 0 bridgehead atoms. The molecule has 0 heterocycles. The van der Waals surface area contributed by atoms with Crippen LogP contribution in [0.3, 0.4) is 0 Å². The molecule has 0 aliphatic heterocycles. The number of hydrogen-bond acceptors (Lipinski definition) is 11. The van der Waals surface area contributed by atoms with Gasteiger partial charge < -0.3 is 39.9 Å². The molecule has 0 spiro atoms. The minimum Gasteiger partial charge on any atom is -0.457 e. The molecule has 1 saturated carbocycles. The van der Waals surface area contributed by atoms with Gasteiger partial charge in [0.1, 0.15) is 42.7 Å². The third-order valence-corrected chi connectivity index (χ3v) is 9.17. The molecule has 294 valence electrons. The summed E-state index contributed by atoms with van der Waals surface area (Å²) in [7, 11) is -5.03. The quantitative estimate of drug-likeness (QED) is 0.0230. The monoisotopic (exact) mass is 744 g/mol. The standard InChI is InChI=1S/C38H65O12P/c1-3-5-7-9-11-13-14-15-16-17-18-19-21-23-25-27-32(39)49-31(29-47-28-26-24-22-20-12-10-8-6-4-2)30-48-51(45,46)50-38-36(43)34(41)33(40)35(42)37(38)44/h5,7,11,13,15-16,18-19,23,25,31,33-38,40-44H,3-4,6,8-10,12,14,17,20-22,24,26-30H2,1-2H3,(H,45,46)/b7-5-,13-11-,16-15-,19-18-,25-23-. The Bertz CT molecular complexity index is 1070. The van der Waals surface area contributed by atoms with E-state index >= 15 is 0 Å². The number of carbonyl (C=O) groups excluding carboxylic acids is 1. The van der Waals surface area contributed by atoms with E-state index in [1.807, 2.05) is 18.2 Å². The van der Waals surface area contributed by atoms with E-state index in [4.69, 9.17) is 18.5 Å². The first-order chi connectivity index (χ1) is 24.5. The Labute approximate surface area is 305 Å². The van der Waals surface area contributed by atoms with Crippen molar-refractivity contribution in [3.05, 3.63) is 60.8 Å². The van der Waals surface area contributed by atoms with E-state index in [9.17, 15) is 39.8 Å². The smallest absolute Gasteiger partial charge is 0.457 e. The van der Waals surface area contributed by atoms with Gasteiger partial charge in [-0.1, -0.05) is 126 Å². The fourth-order valence-electron chi connectivity index (χ4n) is 5.19. The van der Waals surface area contributed by atoms with E-state index in [-0.39, 0.29) is 13.0 Å². The fraction of sp³-hybridized carbons (Fsp3) is 0.711. The lowest BCUT2D eigenvalue weighted by atomic mass is 9.85. The van der Waals surface area contributed by atoms with Crippen LogP contribution in [0.5, 0.6) is 0 Å². The minimum atomic E-state index is -5.03. The fourth-order valence-corrected chi connectivity index (χ4v) is 6.17. The number of allylic oxidation sites excluding steroid dienone is 9. The lowest BCUT2D eigenvalue weighted by Crippen LogP contribution is -2.64. The summed E-state index contributed by atoms with van der Waals surface area (Å²) in [6, 6.07) is 0. The minimum absolute atomic E-state index is 0.0475. The van der Waals surface area contributed by atoms with E-state index in [0.29, 0.717) is 13.0 Å². The third kappa shape index (κ3) is 22.7. The van der Waals surface area contributed by atoms with Crippen molar-refractivity contribution in [2.45, 2.75) is 153 Å². The van der Waals surface area contributed by atoms with Crippen LogP contribution in [0, 0.1) is 0 Å². The van der Waals surface area contributed by atoms with Gasteiger partial charge in [-0.3, -0.25) is 13.8 Å². The van der Waals surface area contributed by atoms with Crippen molar-refractivity contribution in [3.8, 4) is 0 Å². The summed E-state index contributed by atoms with van der Waals surface area (Å²) in [5.74, 6) is -0.608. The van der Waals surface area contributed by atoms with Crippen molar-refractivity contribution in [2.24, 2.45) is 0 Å². The molecule has 0 aromatic heterocycles. The molecule has 1 aliphatic carbocycles. The molecule has 6 atom stereocenters. The highest BCUT2D eigenvalue weighted by molar-refractivity contribution is 7.47. The molecule has 51 heavy (non-hydrogen) atoms. The Morgan fingerprint density at radius 1 is 0.627 bits per heavy atom.